The van der Waals surface area contributed by atoms with Crippen molar-refractivity contribution in [2.24, 2.45) is 0 Å². The van der Waals surface area contributed by atoms with Crippen LogP contribution in [-0.4, -0.2) is 41.2 Å². The van der Waals surface area contributed by atoms with Gasteiger partial charge in [0, 0.05) is 40.9 Å². The second-order valence-corrected chi connectivity index (χ2v) is 5.63. The fourth-order valence-electron chi connectivity index (χ4n) is 2.55. The number of halogens is 1. The van der Waals surface area contributed by atoms with Crippen LogP contribution in [0.5, 0.6) is 0 Å². The van der Waals surface area contributed by atoms with Crippen LogP contribution in [0.2, 0.25) is 5.02 Å². The summed E-state index contributed by atoms with van der Waals surface area (Å²) in [5, 5.41) is 1.75. The molecule has 1 aliphatic rings. The molecule has 0 bridgehead atoms. The summed E-state index contributed by atoms with van der Waals surface area (Å²) < 4.78 is 0. The molecule has 2 aromatic carbocycles. The molecule has 0 aromatic heterocycles. The molecule has 0 saturated heterocycles. The molecule has 3 amide bonds. The molecule has 0 radical (unpaired) electrons. The van der Waals surface area contributed by atoms with Gasteiger partial charge >= 0.3 is 0 Å². The SMILES string of the molecule is CC(=O)N(C)CN1C(=O)c2cccc3c(Cl)ccc(c23)C1=O. The minimum atomic E-state index is -0.418. The van der Waals surface area contributed by atoms with E-state index in [1.807, 2.05) is 0 Å². The molecule has 0 atom stereocenters. The third-order valence-corrected chi connectivity index (χ3v) is 4.16. The maximum atomic E-state index is 12.6. The average molecular weight is 317 g/mol. The van der Waals surface area contributed by atoms with Crippen molar-refractivity contribution < 1.29 is 14.4 Å². The summed E-state index contributed by atoms with van der Waals surface area (Å²) in [5.41, 5.74) is 0.845. The van der Waals surface area contributed by atoms with Crippen LogP contribution in [0, 0.1) is 0 Å². The lowest BCUT2D eigenvalue weighted by Crippen LogP contribution is -2.47. The zero-order chi connectivity index (χ0) is 16.0. The lowest BCUT2D eigenvalue weighted by atomic mass is 9.94. The van der Waals surface area contributed by atoms with Gasteiger partial charge in [-0.25, -0.2) is 0 Å². The number of nitrogens with zero attached hydrogens (tertiary/aromatic N) is 2. The van der Waals surface area contributed by atoms with Crippen LogP contribution in [0.3, 0.4) is 0 Å². The second kappa shape index (κ2) is 5.10. The van der Waals surface area contributed by atoms with Gasteiger partial charge in [-0.15, -0.1) is 0 Å². The van der Waals surface area contributed by atoms with Crippen molar-refractivity contribution in [1.82, 2.24) is 9.80 Å². The van der Waals surface area contributed by atoms with E-state index in [1.165, 1.54) is 11.8 Å². The third-order valence-electron chi connectivity index (χ3n) is 3.83. The molecule has 112 valence electrons. The summed E-state index contributed by atoms with van der Waals surface area (Å²) in [6.07, 6.45) is 0. The third kappa shape index (κ3) is 2.05. The van der Waals surface area contributed by atoms with Gasteiger partial charge in [0.05, 0.1) is 0 Å². The van der Waals surface area contributed by atoms with Gasteiger partial charge < -0.3 is 4.90 Å². The van der Waals surface area contributed by atoms with E-state index in [2.05, 4.69) is 0 Å². The molecule has 22 heavy (non-hydrogen) atoms. The highest BCUT2D eigenvalue weighted by atomic mass is 35.5. The number of hydrogen-bond acceptors (Lipinski definition) is 3. The van der Waals surface area contributed by atoms with E-state index in [4.69, 9.17) is 11.6 Å². The van der Waals surface area contributed by atoms with E-state index in [-0.39, 0.29) is 12.6 Å². The summed E-state index contributed by atoms with van der Waals surface area (Å²) >= 11 is 6.15. The first kappa shape index (κ1) is 14.5. The van der Waals surface area contributed by atoms with E-state index in [0.29, 0.717) is 26.9 Å². The molecular formula is C16H13ClN2O3. The van der Waals surface area contributed by atoms with Crippen LogP contribution < -0.4 is 0 Å². The lowest BCUT2D eigenvalue weighted by Gasteiger charge is -2.30. The van der Waals surface area contributed by atoms with E-state index in [0.717, 1.165) is 4.90 Å². The molecule has 5 nitrogen and oxygen atoms in total. The van der Waals surface area contributed by atoms with Gasteiger partial charge in [0.2, 0.25) is 5.91 Å². The highest BCUT2D eigenvalue weighted by molar-refractivity contribution is 6.38. The molecule has 0 fully saturated rings. The Balaban J connectivity index is 2.17. The Morgan fingerprint density at radius 2 is 1.77 bits per heavy atom. The Morgan fingerprint density at radius 3 is 2.41 bits per heavy atom. The number of benzene rings is 2. The van der Waals surface area contributed by atoms with E-state index < -0.39 is 11.8 Å². The van der Waals surface area contributed by atoms with Gasteiger partial charge in [-0.1, -0.05) is 23.7 Å². The number of hydrogen-bond donors (Lipinski definition) is 0. The molecule has 0 aliphatic carbocycles. The average Bonchev–Trinajstić information content (AvgIpc) is 2.50. The predicted octanol–water partition coefficient (Wildman–Crippen LogP) is 2.53. The van der Waals surface area contributed by atoms with Gasteiger partial charge in [-0.05, 0) is 18.2 Å². The monoisotopic (exact) mass is 316 g/mol. The number of imide groups is 1. The van der Waals surface area contributed by atoms with Crippen LogP contribution in [0.15, 0.2) is 30.3 Å². The Morgan fingerprint density at radius 1 is 1.14 bits per heavy atom. The number of amides is 3. The smallest absolute Gasteiger partial charge is 0.262 e. The van der Waals surface area contributed by atoms with Crippen molar-refractivity contribution in [3.63, 3.8) is 0 Å². The van der Waals surface area contributed by atoms with E-state index >= 15 is 0 Å². The van der Waals surface area contributed by atoms with Gasteiger partial charge in [0.1, 0.15) is 6.67 Å². The van der Waals surface area contributed by atoms with Gasteiger partial charge in [-0.2, -0.15) is 0 Å². The predicted molar refractivity (Wildman–Crippen MR) is 82.8 cm³/mol. The maximum absolute atomic E-state index is 12.6. The quantitative estimate of drug-likeness (QED) is 0.800. The topological polar surface area (TPSA) is 57.7 Å². The molecule has 0 saturated carbocycles. The Labute approximate surface area is 132 Å². The summed E-state index contributed by atoms with van der Waals surface area (Å²) in [4.78, 5) is 39.0. The zero-order valence-electron chi connectivity index (χ0n) is 12.1. The second-order valence-electron chi connectivity index (χ2n) is 5.22. The summed E-state index contributed by atoms with van der Waals surface area (Å²) in [6.45, 7) is 1.30. The van der Waals surface area contributed by atoms with Crippen molar-refractivity contribution in [2.75, 3.05) is 13.7 Å². The first-order valence-electron chi connectivity index (χ1n) is 6.71. The summed E-state index contributed by atoms with van der Waals surface area (Å²) in [7, 11) is 1.54. The zero-order valence-corrected chi connectivity index (χ0v) is 12.8. The normalized spacial score (nSPS) is 13.7. The highest BCUT2D eigenvalue weighted by Crippen LogP contribution is 2.34. The van der Waals surface area contributed by atoms with Crippen molar-refractivity contribution in [1.29, 1.82) is 0 Å². The summed E-state index contributed by atoms with van der Waals surface area (Å²) in [5.74, 6) is -1.06. The number of rotatable bonds is 2. The van der Waals surface area contributed by atoms with Gasteiger partial charge in [0.25, 0.3) is 11.8 Å². The standard InChI is InChI=1S/C16H13ClN2O3/c1-9(20)18(2)8-19-15(21)11-5-3-4-10-13(17)7-6-12(14(10)11)16(19)22/h3-7H,8H2,1-2H3. The first-order valence-corrected chi connectivity index (χ1v) is 7.08. The minimum absolute atomic E-state index is 0.0779. The Hall–Kier alpha value is -2.40. The van der Waals surface area contributed by atoms with Crippen LogP contribution in [0.25, 0.3) is 10.8 Å². The van der Waals surface area contributed by atoms with Crippen molar-refractivity contribution >= 4 is 40.1 Å². The Bertz CT molecular complexity index is 809. The summed E-state index contributed by atoms with van der Waals surface area (Å²) in [6, 6.07) is 8.43. The van der Waals surface area contributed by atoms with Crippen LogP contribution in [0.4, 0.5) is 0 Å². The highest BCUT2D eigenvalue weighted by Gasteiger charge is 2.33. The van der Waals surface area contributed by atoms with Crippen LogP contribution in [0.1, 0.15) is 27.6 Å². The fourth-order valence-corrected chi connectivity index (χ4v) is 2.77. The van der Waals surface area contributed by atoms with Gasteiger partial charge in [-0.3, -0.25) is 19.3 Å². The first-order chi connectivity index (χ1) is 10.4. The number of carbonyl (C=O) groups excluding carboxylic acids is 3. The Kier molecular flexibility index (Phi) is 3.37. The maximum Gasteiger partial charge on any atom is 0.262 e. The number of carbonyl (C=O) groups is 3. The van der Waals surface area contributed by atoms with Crippen molar-refractivity contribution in [3.05, 3.63) is 46.5 Å². The van der Waals surface area contributed by atoms with Crippen LogP contribution >= 0.6 is 11.6 Å². The van der Waals surface area contributed by atoms with Gasteiger partial charge in [0.15, 0.2) is 0 Å². The van der Waals surface area contributed by atoms with E-state index in [1.54, 1.807) is 37.4 Å². The molecular weight excluding hydrogens is 304 g/mol. The molecule has 3 rings (SSSR count). The lowest BCUT2D eigenvalue weighted by molar-refractivity contribution is -0.128. The van der Waals surface area contributed by atoms with Crippen LogP contribution in [-0.2, 0) is 4.79 Å². The fraction of sp³-hybridized carbons (Fsp3) is 0.188. The van der Waals surface area contributed by atoms with E-state index in [9.17, 15) is 14.4 Å². The molecule has 2 aromatic rings. The molecule has 1 aliphatic heterocycles. The molecule has 1 heterocycles. The molecule has 6 heteroatoms. The van der Waals surface area contributed by atoms with Crippen molar-refractivity contribution in [2.45, 2.75) is 6.92 Å². The molecule has 0 N–H and O–H groups in total. The largest absolute Gasteiger partial charge is 0.328 e. The minimum Gasteiger partial charge on any atom is -0.328 e. The van der Waals surface area contributed by atoms with Crippen molar-refractivity contribution in [3.8, 4) is 0 Å². The molecule has 0 spiro atoms. The molecule has 0 unspecified atom stereocenters.